The summed E-state index contributed by atoms with van der Waals surface area (Å²) in [5.74, 6) is 0. The second kappa shape index (κ2) is 3.75. The Bertz CT molecular complexity index is 143. The number of hydrogen-bond donors (Lipinski definition) is 1. The van der Waals surface area contributed by atoms with Gasteiger partial charge >= 0.3 is 0 Å². The van der Waals surface area contributed by atoms with Gasteiger partial charge in [-0.2, -0.15) is 0 Å². The van der Waals surface area contributed by atoms with Crippen LogP contribution in [0.2, 0.25) is 0 Å². The predicted octanol–water partition coefficient (Wildman–Crippen LogP) is 1.63. The van der Waals surface area contributed by atoms with E-state index in [9.17, 15) is 0 Å². The molecule has 12 heavy (non-hydrogen) atoms. The summed E-state index contributed by atoms with van der Waals surface area (Å²) < 4.78 is 0. The highest BCUT2D eigenvalue weighted by atomic mass is 16.3. The van der Waals surface area contributed by atoms with Crippen molar-refractivity contribution in [1.29, 1.82) is 0 Å². The second-order valence-electron chi connectivity index (χ2n) is 3.71. The summed E-state index contributed by atoms with van der Waals surface area (Å²) in [6.45, 7) is 4.35. The first kappa shape index (κ1) is 10.0. The number of aliphatic hydroxyl groups excluding tert-OH is 1. The Kier molecular flexibility index (Phi) is 3.13. The Morgan fingerprint density at radius 2 is 1.92 bits per heavy atom. The van der Waals surface area contributed by atoms with Crippen molar-refractivity contribution < 1.29 is 5.11 Å². The highest BCUT2D eigenvalue weighted by molar-refractivity contribution is 5.08. The van der Waals surface area contributed by atoms with Crippen LogP contribution in [-0.4, -0.2) is 35.2 Å². The maximum absolute atomic E-state index is 8.95. The van der Waals surface area contributed by atoms with E-state index in [1.165, 1.54) is 25.7 Å². The van der Waals surface area contributed by atoms with Crippen molar-refractivity contribution in [2.24, 2.45) is 0 Å². The summed E-state index contributed by atoms with van der Waals surface area (Å²) in [4.78, 5) is 2.38. The monoisotopic (exact) mass is 171 g/mol. The van der Waals surface area contributed by atoms with Crippen LogP contribution >= 0.6 is 0 Å². The molecule has 2 fully saturated rings. The third-order valence-electron chi connectivity index (χ3n) is 3.28. The lowest BCUT2D eigenvalue weighted by Crippen LogP contribution is -2.35. The summed E-state index contributed by atoms with van der Waals surface area (Å²) in [5.41, 5.74) is 0.549. The number of rotatable bonds is 1. The molecule has 1 aliphatic carbocycles. The van der Waals surface area contributed by atoms with Crippen molar-refractivity contribution in [2.45, 2.75) is 51.1 Å². The first-order valence-corrected chi connectivity index (χ1v) is 5.12. The Hall–Kier alpha value is -0.0800. The Morgan fingerprint density at radius 3 is 2.17 bits per heavy atom. The van der Waals surface area contributed by atoms with Crippen molar-refractivity contribution in [3.63, 3.8) is 0 Å². The molecule has 2 rings (SSSR count). The van der Waals surface area contributed by atoms with Gasteiger partial charge in [0.15, 0.2) is 0 Å². The SMILES string of the molecule is CC.CN1[C@H](CO)CCC12CC2. The minimum atomic E-state index is 0.345. The van der Waals surface area contributed by atoms with Crippen LogP contribution in [0.15, 0.2) is 0 Å². The highest BCUT2D eigenvalue weighted by Crippen LogP contribution is 2.50. The van der Waals surface area contributed by atoms with Crippen molar-refractivity contribution in [1.82, 2.24) is 4.90 Å². The van der Waals surface area contributed by atoms with Crippen LogP contribution < -0.4 is 0 Å². The number of hydrogen-bond acceptors (Lipinski definition) is 2. The third kappa shape index (κ3) is 1.50. The molecule has 0 bridgehead atoms. The second-order valence-corrected chi connectivity index (χ2v) is 3.71. The summed E-state index contributed by atoms with van der Waals surface area (Å²) >= 11 is 0. The zero-order chi connectivity index (χ0) is 9.19. The molecule has 0 amide bonds. The van der Waals surface area contributed by atoms with Crippen LogP contribution in [0.5, 0.6) is 0 Å². The third-order valence-corrected chi connectivity index (χ3v) is 3.28. The molecule has 2 aliphatic rings. The summed E-state index contributed by atoms with van der Waals surface area (Å²) in [5, 5.41) is 8.95. The summed E-state index contributed by atoms with van der Waals surface area (Å²) in [6, 6.07) is 0.461. The zero-order valence-electron chi connectivity index (χ0n) is 8.51. The minimum Gasteiger partial charge on any atom is -0.395 e. The van der Waals surface area contributed by atoms with E-state index in [0.717, 1.165) is 0 Å². The lowest BCUT2D eigenvalue weighted by atomic mass is 10.2. The van der Waals surface area contributed by atoms with E-state index in [1.54, 1.807) is 0 Å². The topological polar surface area (TPSA) is 23.5 Å². The van der Waals surface area contributed by atoms with Crippen molar-refractivity contribution in [2.75, 3.05) is 13.7 Å². The van der Waals surface area contributed by atoms with Crippen LogP contribution in [-0.2, 0) is 0 Å². The average molecular weight is 171 g/mol. The average Bonchev–Trinajstić information content (AvgIpc) is 2.83. The van der Waals surface area contributed by atoms with E-state index in [4.69, 9.17) is 5.11 Å². The van der Waals surface area contributed by atoms with Crippen LogP contribution in [0, 0.1) is 0 Å². The standard InChI is InChI=1S/C8H15NO.C2H6/c1-9-7(6-10)2-3-8(9)4-5-8;1-2/h7,10H,2-6H2,1H3;1-2H3/t7-;/m0./s1. The van der Waals surface area contributed by atoms with Gasteiger partial charge in [0, 0.05) is 11.6 Å². The molecule has 0 unspecified atom stereocenters. The number of aliphatic hydroxyl groups is 1. The molecule has 1 heterocycles. The van der Waals surface area contributed by atoms with Gasteiger partial charge in [-0.25, -0.2) is 0 Å². The minimum absolute atomic E-state index is 0.345. The fourth-order valence-corrected chi connectivity index (χ4v) is 2.15. The molecule has 2 nitrogen and oxygen atoms in total. The lowest BCUT2D eigenvalue weighted by Gasteiger charge is -2.23. The highest BCUT2D eigenvalue weighted by Gasteiger charge is 2.52. The van der Waals surface area contributed by atoms with E-state index in [0.29, 0.717) is 18.2 Å². The first-order valence-electron chi connectivity index (χ1n) is 5.12. The van der Waals surface area contributed by atoms with Crippen LogP contribution in [0.4, 0.5) is 0 Å². The molecule has 0 radical (unpaired) electrons. The maximum atomic E-state index is 8.95. The van der Waals surface area contributed by atoms with E-state index in [-0.39, 0.29) is 0 Å². The molecule has 1 aliphatic heterocycles. The van der Waals surface area contributed by atoms with E-state index in [1.807, 2.05) is 13.8 Å². The molecular weight excluding hydrogens is 150 g/mol. The normalized spacial score (nSPS) is 31.5. The molecule has 1 saturated carbocycles. The molecule has 1 spiro atoms. The van der Waals surface area contributed by atoms with Crippen molar-refractivity contribution in [3.05, 3.63) is 0 Å². The molecule has 1 N–H and O–H groups in total. The quantitative estimate of drug-likeness (QED) is 0.648. The molecule has 2 heteroatoms. The smallest absolute Gasteiger partial charge is 0.0586 e. The van der Waals surface area contributed by atoms with Gasteiger partial charge < -0.3 is 5.11 Å². The van der Waals surface area contributed by atoms with Gasteiger partial charge in [0.1, 0.15) is 0 Å². The van der Waals surface area contributed by atoms with Gasteiger partial charge in [-0.15, -0.1) is 0 Å². The number of nitrogens with zero attached hydrogens (tertiary/aromatic N) is 1. The van der Waals surface area contributed by atoms with E-state index < -0.39 is 0 Å². The largest absolute Gasteiger partial charge is 0.395 e. The Labute approximate surface area is 75.6 Å². The fourth-order valence-electron chi connectivity index (χ4n) is 2.15. The maximum Gasteiger partial charge on any atom is 0.0586 e. The molecule has 1 atom stereocenters. The van der Waals surface area contributed by atoms with Crippen LogP contribution in [0.1, 0.15) is 39.5 Å². The number of likely N-dealkylation sites (tertiary alicyclic amines) is 1. The Balaban J connectivity index is 0.000000336. The summed E-state index contributed by atoms with van der Waals surface area (Å²) in [6.07, 6.45) is 5.24. The van der Waals surface area contributed by atoms with Gasteiger partial charge in [-0.3, -0.25) is 4.90 Å². The molecule has 0 aromatic rings. The molecule has 0 aromatic heterocycles. The van der Waals surface area contributed by atoms with Gasteiger partial charge in [0.25, 0.3) is 0 Å². The lowest BCUT2D eigenvalue weighted by molar-refractivity contribution is 0.147. The molecular formula is C10H21NO. The van der Waals surface area contributed by atoms with Crippen LogP contribution in [0.25, 0.3) is 0 Å². The van der Waals surface area contributed by atoms with Crippen molar-refractivity contribution >= 4 is 0 Å². The van der Waals surface area contributed by atoms with E-state index >= 15 is 0 Å². The number of likely N-dealkylation sites (N-methyl/N-ethyl adjacent to an activating group) is 1. The summed E-state index contributed by atoms with van der Waals surface area (Å²) in [7, 11) is 2.15. The van der Waals surface area contributed by atoms with E-state index in [2.05, 4.69) is 11.9 Å². The van der Waals surface area contributed by atoms with Gasteiger partial charge in [0.05, 0.1) is 6.61 Å². The van der Waals surface area contributed by atoms with Gasteiger partial charge in [0.2, 0.25) is 0 Å². The predicted molar refractivity (Wildman–Crippen MR) is 51.2 cm³/mol. The van der Waals surface area contributed by atoms with Gasteiger partial charge in [-0.1, -0.05) is 13.8 Å². The van der Waals surface area contributed by atoms with Crippen molar-refractivity contribution in [3.8, 4) is 0 Å². The Morgan fingerprint density at radius 1 is 1.33 bits per heavy atom. The van der Waals surface area contributed by atoms with Gasteiger partial charge in [-0.05, 0) is 32.7 Å². The van der Waals surface area contributed by atoms with Crippen LogP contribution in [0.3, 0.4) is 0 Å². The first-order chi connectivity index (χ1) is 5.78. The molecule has 0 aromatic carbocycles. The molecule has 1 saturated heterocycles. The fraction of sp³-hybridized carbons (Fsp3) is 1.00. The molecule has 72 valence electrons. The zero-order valence-corrected chi connectivity index (χ0v) is 8.51.